The van der Waals surface area contributed by atoms with E-state index in [0.717, 1.165) is 12.8 Å². The summed E-state index contributed by atoms with van der Waals surface area (Å²) in [4.78, 5) is 12.7. The van der Waals surface area contributed by atoms with Crippen molar-refractivity contribution in [1.82, 2.24) is 5.32 Å². The normalized spacial score (nSPS) is 13.4. The van der Waals surface area contributed by atoms with Gasteiger partial charge in [0.1, 0.15) is 18.1 Å². The number of ether oxygens (including phenoxy) is 2. The molecular weight excluding hydrogens is 304 g/mol. The summed E-state index contributed by atoms with van der Waals surface area (Å²) in [6.07, 6.45) is 1.72. The molecule has 0 radical (unpaired) electrons. The third-order valence-electron chi connectivity index (χ3n) is 4.20. The van der Waals surface area contributed by atoms with Gasteiger partial charge in [-0.05, 0) is 36.1 Å². The van der Waals surface area contributed by atoms with Crippen LogP contribution in [0.5, 0.6) is 11.5 Å². The molecule has 0 atom stereocenters. The van der Waals surface area contributed by atoms with Gasteiger partial charge < -0.3 is 20.5 Å². The summed E-state index contributed by atoms with van der Waals surface area (Å²) in [6, 6.07) is 13.6. The average Bonchev–Trinajstić information content (AvgIpc) is 3.01. The molecule has 0 heterocycles. The van der Waals surface area contributed by atoms with Crippen LogP contribution in [0.2, 0.25) is 0 Å². The number of nitrogens with two attached hydrogens (primary N) is 1. The molecule has 0 spiro atoms. The summed E-state index contributed by atoms with van der Waals surface area (Å²) in [7, 11) is 1.58. The van der Waals surface area contributed by atoms with Gasteiger partial charge >= 0.3 is 0 Å². The monoisotopic (exact) mass is 326 g/mol. The molecule has 0 fully saturated rings. The highest BCUT2D eigenvalue weighted by Crippen LogP contribution is 2.26. The number of carbonyl (C=O) groups is 1. The minimum atomic E-state index is -0.137. The van der Waals surface area contributed by atoms with Gasteiger partial charge in [-0.3, -0.25) is 4.79 Å². The summed E-state index contributed by atoms with van der Waals surface area (Å²) in [6.45, 7) is 0.735. The van der Waals surface area contributed by atoms with Gasteiger partial charge in [-0.15, -0.1) is 0 Å². The van der Waals surface area contributed by atoms with E-state index in [2.05, 4.69) is 17.4 Å². The minimum absolute atomic E-state index is 0.111. The smallest absolute Gasteiger partial charge is 0.255 e. The van der Waals surface area contributed by atoms with Gasteiger partial charge in [0.05, 0.1) is 12.7 Å². The van der Waals surface area contributed by atoms with Crippen molar-refractivity contribution in [1.29, 1.82) is 0 Å². The number of hydrogen-bond donors (Lipinski definition) is 2. The molecule has 0 saturated carbocycles. The molecule has 126 valence electrons. The van der Waals surface area contributed by atoms with E-state index >= 15 is 0 Å². The number of hydrogen-bond acceptors (Lipinski definition) is 4. The van der Waals surface area contributed by atoms with E-state index in [1.165, 1.54) is 11.1 Å². The lowest BCUT2D eigenvalue weighted by Crippen LogP contribution is -2.35. The van der Waals surface area contributed by atoms with Gasteiger partial charge in [-0.1, -0.05) is 24.3 Å². The average molecular weight is 326 g/mol. The zero-order chi connectivity index (χ0) is 16.9. The van der Waals surface area contributed by atoms with Gasteiger partial charge in [0.15, 0.2) is 0 Å². The Hall–Kier alpha value is -2.53. The fourth-order valence-electron chi connectivity index (χ4n) is 3.03. The Kier molecular flexibility index (Phi) is 5.01. The standard InChI is InChI=1S/C19H22N2O3/c1-23-16-6-7-17(18(12-16)24-9-8-20)19(22)21-15-10-13-4-2-3-5-14(13)11-15/h2-7,12,15H,8-11,20H2,1H3,(H,21,22). The Labute approximate surface area is 141 Å². The Morgan fingerprint density at radius 2 is 1.92 bits per heavy atom. The predicted octanol–water partition coefficient (Wildman–Crippen LogP) is 1.93. The number of nitrogens with one attached hydrogen (secondary N) is 1. The van der Waals surface area contributed by atoms with Crippen molar-refractivity contribution in [3.63, 3.8) is 0 Å². The highest BCUT2D eigenvalue weighted by molar-refractivity contribution is 5.97. The molecular formula is C19H22N2O3. The number of amides is 1. The van der Waals surface area contributed by atoms with Crippen LogP contribution in [0.4, 0.5) is 0 Å². The third kappa shape index (κ3) is 3.51. The van der Waals surface area contributed by atoms with Crippen molar-refractivity contribution in [3.8, 4) is 11.5 Å². The molecule has 3 rings (SSSR count). The van der Waals surface area contributed by atoms with E-state index in [1.807, 2.05) is 12.1 Å². The van der Waals surface area contributed by atoms with Crippen molar-refractivity contribution in [2.45, 2.75) is 18.9 Å². The van der Waals surface area contributed by atoms with Gasteiger partial charge in [0.2, 0.25) is 0 Å². The molecule has 0 saturated heterocycles. The number of benzene rings is 2. The van der Waals surface area contributed by atoms with Crippen LogP contribution in [0.15, 0.2) is 42.5 Å². The van der Waals surface area contributed by atoms with E-state index in [9.17, 15) is 4.79 Å². The van der Waals surface area contributed by atoms with Crippen LogP contribution in [-0.4, -0.2) is 32.2 Å². The van der Waals surface area contributed by atoms with E-state index in [4.69, 9.17) is 15.2 Å². The van der Waals surface area contributed by atoms with Crippen LogP contribution in [0.3, 0.4) is 0 Å². The van der Waals surface area contributed by atoms with E-state index < -0.39 is 0 Å². The summed E-state index contributed by atoms with van der Waals surface area (Å²) < 4.78 is 10.8. The maximum absolute atomic E-state index is 12.7. The lowest BCUT2D eigenvalue weighted by molar-refractivity contribution is 0.0934. The van der Waals surface area contributed by atoms with Crippen molar-refractivity contribution in [3.05, 3.63) is 59.2 Å². The van der Waals surface area contributed by atoms with Crippen molar-refractivity contribution >= 4 is 5.91 Å². The van der Waals surface area contributed by atoms with Crippen LogP contribution >= 0.6 is 0 Å². The molecule has 0 aliphatic heterocycles. The number of carbonyl (C=O) groups excluding carboxylic acids is 1. The molecule has 5 nitrogen and oxygen atoms in total. The Morgan fingerprint density at radius 1 is 1.21 bits per heavy atom. The van der Waals surface area contributed by atoms with Crippen molar-refractivity contribution in [2.75, 3.05) is 20.3 Å². The lowest BCUT2D eigenvalue weighted by Gasteiger charge is -2.15. The zero-order valence-corrected chi connectivity index (χ0v) is 13.7. The van der Waals surface area contributed by atoms with Crippen LogP contribution in [-0.2, 0) is 12.8 Å². The molecule has 0 aromatic heterocycles. The highest BCUT2D eigenvalue weighted by atomic mass is 16.5. The third-order valence-corrected chi connectivity index (χ3v) is 4.20. The van der Waals surface area contributed by atoms with E-state index in [0.29, 0.717) is 30.2 Å². The molecule has 24 heavy (non-hydrogen) atoms. The van der Waals surface area contributed by atoms with Crippen molar-refractivity contribution < 1.29 is 14.3 Å². The predicted molar refractivity (Wildman–Crippen MR) is 92.6 cm³/mol. The first kappa shape index (κ1) is 16.3. The van der Waals surface area contributed by atoms with Gasteiger partial charge in [-0.2, -0.15) is 0 Å². The molecule has 5 heteroatoms. The van der Waals surface area contributed by atoms with Gasteiger partial charge in [0.25, 0.3) is 5.91 Å². The SMILES string of the molecule is COc1ccc(C(=O)NC2Cc3ccccc3C2)c(OCCN)c1. The topological polar surface area (TPSA) is 73.6 Å². The number of fused-ring (bicyclic) bond motifs is 1. The molecule has 3 N–H and O–H groups in total. The zero-order valence-electron chi connectivity index (χ0n) is 13.7. The lowest BCUT2D eigenvalue weighted by atomic mass is 10.1. The first-order chi connectivity index (χ1) is 11.7. The summed E-state index contributed by atoms with van der Waals surface area (Å²) in [5.74, 6) is 1.00. The van der Waals surface area contributed by atoms with Gasteiger partial charge in [-0.25, -0.2) is 0 Å². The quantitative estimate of drug-likeness (QED) is 0.851. The molecule has 1 aliphatic rings. The van der Waals surface area contributed by atoms with Crippen LogP contribution in [0.1, 0.15) is 21.5 Å². The molecule has 1 aliphatic carbocycles. The number of rotatable bonds is 6. The van der Waals surface area contributed by atoms with Crippen molar-refractivity contribution in [2.24, 2.45) is 5.73 Å². The second-order valence-corrected chi connectivity index (χ2v) is 5.85. The molecule has 0 bridgehead atoms. The second kappa shape index (κ2) is 7.36. The van der Waals surface area contributed by atoms with Gasteiger partial charge in [0, 0.05) is 18.7 Å². The van der Waals surface area contributed by atoms with E-state index in [-0.39, 0.29) is 11.9 Å². The number of methoxy groups -OCH3 is 1. The second-order valence-electron chi connectivity index (χ2n) is 5.85. The fourth-order valence-corrected chi connectivity index (χ4v) is 3.03. The minimum Gasteiger partial charge on any atom is -0.497 e. The maximum Gasteiger partial charge on any atom is 0.255 e. The molecule has 0 unspecified atom stereocenters. The highest BCUT2D eigenvalue weighted by Gasteiger charge is 2.24. The van der Waals surface area contributed by atoms with Crippen LogP contribution in [0.25, 0.3) is 0 Å². The first-order valence-corrected chi connectivity index (χ1v) is 8.10. The van der Waals surface area contributed by atoms with Crippen LogP contribution in [0, 0.1) is 0 Å². The summed E-state index contributed by atoms with van der Waals surface area (Å²) >= 11 is 0. The summed E-state index contributed by atoms with van der Waals surface area (Å²) in [5, 5.41) is 3.11. The largest absolute Gasteiger partial charge is 0.497 e. The Bertz CT molecular complexity index is 705. The maximum atomic E-state index is 12.7. The summed E-state index contributed by atoms with van der Waals surface area (Å²) in [5.41, 5.74) is 8.60. The van der Waals surface area contributed by atoms with E-state index in [1.54, 1.807) is 25.3 Å². The Morgan fingerprint density at radius 3 is 2.54 bits per heavy atom. The molecule has 1 amide bonds. The fraction of sp³-hybridized carbons (Fsp3) is 0.316. The van der Waals surface area contributed by atoms with Crippen LogP contribution < -0.4 is 20.5 Å². The first-order valence-electron chi connectivity index (χ1n) is 8.10. The Balaban J connectivity index is 1.73. The molecule has 2 aromatic rings. The molecule has 2 aromatic carbocycles.